The lowest BCUT2D eigenvalue weighted by Gasteiger charge is -2.32. The van der Waals surface area contributed by atoms with Crippen molar-refractivity contribution in [1.82, 2.24) is 10.2 Å². The van der Waals surface area contributed by atoms with Crippen molar-refractivity contribution in [1.29, 1.82) is 0 Å². The number of rotatable bonds is 9. The summed E-state index contributed by atoms with van der Waals surface area (Å²) >= 11 is 0. The minimum Gasteiger partial charge on any atom is -0.352 e. The number of hydrogen-bond donors (Lipinski definition) is 1. The third-order valence-electron chi connectivity index (χ3n) is 6.50. The van der Waals surface area contributed by atoms with Crippen molar-refractivity contribution >= 4 is 27.5 Å². The molecule has 0 spiro atoms. The van der Waals surface area contributed by atoms with Crippen LogP contribution < -0.4 is 9.62 Å². The zero-order valence-electron chi connectivity index (χ0n) is 20.8. The first-order chi connectivity index (χ1) is 16.5. The van der Waals surface area contributed by atoms with Crippen LogP contribution in [0.25, 0.3) is 0 Å². The first-order valence-electron chi connectivity index (χ1n) is 11.9. The SMILES string of the molecule is Cc1cccc(C)c1N(CC(=O)N(Cc1ccc(F)cc1)[C@H](C)C(=O)NC1CCCC1)S(C)(=O)=O. The Balaban J connectivity index is 1.91. The number of nitrogens with zero attached hydrogens (tertiary/aromatic N) is 2. The van der Waals surface area contributed by atoms with E-state index in [-0.39, 0.29) is 18.5 Å². The second-order valence-electron chi connectivity index (χ2n) is 9.32. The number of carbonyl (C=O) groups is 2. The third kappa shape index (κ3) is 6.81. The zero-order chi connectivity index (χ0) is 25.8. The highest BCUT2D eigenvalue weighted by Crippen LogP contribution is 2.27. The second-order valence-corrected chi connectivity index (χ2v) is 11.2. The molecule has 2 aromatic rings. The van der Waals surface area contributed by atoms with Crippen molar-refractivity contribution in [2.24, 2.45) is 0 Å². The minimum atomic E-state index is -3.80. The molecular formula is C26H34FN3O4S. The van der Waals surface area contributed by atoms with Crippen molar-refractivity contribution in [2.45, 2.75) is 65.1 Å². The number of amides is 2. The van der Waals surface area contributed by atoms with E-state index in [4.69, 9.17) is 0 Å². The summed E-state index contributed by atoms with van der Waals surface area (Å²) in [5, 5.41) is 3.02. The number of sulfonamides is 1. The number of aryl methyl sites for hydroxylation is 2. The highest BCUT2D eigenvalue weighted by molar-refractivity contribution is 7.92. The highest BCUT2D eigenvalue weighted by atomic mass is 32.2. The normalized spacial score (nSPS) is 15.0. The lowest BCUT2D eigenvalue weighted by molar-refractivity contribution is -0.139. The van der Waals surface area contributed by atoms with E-state index >= 15 is 0 Å². The van der Waals surface area contributed by atoms with Gasteiger partial charge >= 0.3 is 0 Å². The lowest BCUT2D eigenvalue weighted by atomic mass is 10.1. The summed E-state index contributed by atoms with van der Waals surface area (Å²) < 4.78 is 40.1. The van der Waals surface area contributed by atoms with Crippen LogP contribution in [-0.4, -0.2) is 50.0 Å². The maximum absolute atomic E-state index is 13.6. The molecule has 1 saturated carbocycles. The number of benzene rings is 2. The average Bonchev–Trinajstić information content (AvgIpc) is 3.29. The van der Waals surface area contributed by atoms with Gasteiger partial charge in [-0.2, -0.15) is 0 Å². The van der Waals surface area contributed by atoms with Crippen LogP contribution in [0.5, 0.6) is 0 Å². The zero-order valence-corrected chi connectivity index (χ0v) is 21.6. The Hall–Kier alpha value is -2.94. The highest BCUT2D eigenvalue weighted by Gasteiger charge is 2.32. The maximum atomic E-state index is 13.6. The van der Waals surface area contributed by atoms with E-state index in [1.54, 1.807) is 45.0 Å². The van der Waals surface area contributed by atoms with Crippen molar-refractivity contribution in [3.05, 3.63) is 65.0 Å². The predicted octanol–water partition coefficient (Wildman–Crippen LogP) is 3.68. The Kier molecular flexibility index (Phi) is 8.53. The van der Waals surface area contributed by atoms with Gasteiger partial charge in [-0.05, 0) is 62.4 Å². The van der Waals surface area contributed by atoms with E-state index in [1.807, 2.05) is 6.07 Å². The number of para-hydroxylation sites is 1. The monoisotopic (exact) mass is 503 g/mol. The number of halogens is 1. The molecule has 1 fully saturated rings. The first-order valence-corrected chi connectivity index (χ1v) is 13.7. The number of anilines is 1. The molecule has 0 heterocycles. The van der Waals surface area contributed by atoms with Gasteiger partial charge in [-0.3, -0.25) is 13.9 Å². The summed E-state index contributed by atoms with van der Waals surface area (Å²) in [6.45, 7) is 4.81. The molecule has 1 N–H and O–H groups in total. The van der Waals surface area contributed by atoms with Gasteiger partial charge in [0.1, 0.15) is 18.4 Å². The van der Waals surface area contributed by atoms with Gasteiger partial charge in [0.25, 0.3) is 0 Å². The molecule has 2 aromatic carbocycles. The topological polar surface area (TPSA) is 86.8 Å². The Morgan fingerprint density at radius 1 is 1.06 bits per heavy atom. The van der Waals surface area contributed by atoms with Gasteiger partial charge in [-0.15, -0.1) is 0 Å². The third-order valence-corrected chi connectivity index (χ3v) is 7.62. The smallest absolute Gasteiger partial charge is 0.244 e. The second kappa shape index (κ2) is 11.2. The molecule has 0 bridgehead atoms. The van der Waals surface area contributed by atoms with Gasteiger partial charge in [-0.25, -0.2) is 12.8 Å². The van der Waals surface area contributed by atoms with Gasteiger partial charge < -0.3 is 10.2 Å². The Morgan fingerprint density at radius 3 is 2.17 bits per heavy atom. The standard InChI is InChI=1S/C26H34FN3O4S/c1-18-8-7-9-19(2)25(18)30(35(4,33)34)17-24(31)29(16-21-12-14-22(27)15-13-21)20(3)26(32)28-23-10-5-6-11-23/h7-9,12-15,20,23H,5-6,10-11,16-17H2,1-4H3,(H,28,32)/t20-/m1/s1. The van der Waals surface area contributed by atoms with Crippen LogP contribution in [0, 0.1) is 19.7 Å². The van der Waals surface area contributed by atoms with Crippen LogP contribution in [0.4, 0.5) is 10.1 Å². The Bertz CT molecular complexity index is 1140. The first kappa shape index (κ1) is 26.7. The van der Waals surface area contributed by atoms with Crippen LogP contribution in [0.3, 0.4) is 0 Å². The molecule has 1 atom stereocenters. The van der Waals surface area contributed by atoms with Crippen LogP contribution in [0.2, 0.25) is 0 Å². The van der Waals surface area contributed by atoms with E-state index in [0.717, 1.165) is 47.4 Å². The Morgan fingerprint density at radius 2 is 1.63 bits per heavy atom. The quantitative estimate of drug-likeness (QED) is 0.566. The van der Waals surface area contributed by atoms with Crippen LogP contribution >= 0.6 is 0 Å². The largest absolute Gasteiger partial charge is 0.352 e. The molecule has 3 rings (SSSR count). The van der Waals surface area contributed by atoms with Crippen LogP contribution in [-0.2, 0) is 26.2 Å². The molecule has 9 heteroatoms. The molecule has 1 aliphatic rings. The molecule has 0 aromatic heterocycles. The van der Waals surface area contributed by atoms with Gasteiger partial charge in [-0.1, -0.05) is 43.2 Å². The maximum Gasteiger partial charge on any atom is 0.244 e. The molecule has 0 saturated heterocycles. The van der Waals surface area contributed by atoms with Gasteiger partial charge in [0.2, 0.25) is 21.8 Å². The van der Waals surface area contributed by atoms with Crippen LogP contribution in [0.15, 0.2) is 42.5 Å². The predicted molar refractivity (Wildman–Crippen MR) is 135 cm³/mol. The molecule has 0 unspecified atom stereocenters. The molecule has 0 aliphatic heterocycles. The van der Waals surface area contributed by atoms with Crippen LogP contribution in [0.1, 0.15) is 49.3 Å². The number of carbonyl (C=O) groups excluding carboxylic acids is 2. The van der Waals surface area contributed by atoms with Gasteiger partial charge in [0.15, 0.2) is 0 Å². The lowest BCUT2D eigenvalue weighted by Crippen LogP contribution is -2.52. The van der Waals surface area contributed by atoms with E-state index in [9.17, 15) is 22.4 Å². The van der Waals surface area contributed by atoms with E-state index in [1.165, 1.54) is 17.0 Å². The van der Waals surface area contributed by atoms with E-state index < -0.39 is 34.3 Å². The summed E-state index contributed by atoms with van der Waals surface area (Å²) in [4.78, 5) is 28.0. The minimum absolute atomic E-state index is 0.0444. The summed E-state index contributed by atoms with van der Waals surface area (Å²) in [6, 6.07) is 10.3. The molecule has 1 aliphatic carbocycles. The van der Waals surface area contributed by atoms with Crippen molar-refractivity contribution < 1.29 is 22.4 Å². The molecule has 35 heavy (non-hydrogen) atoms. The summed E-state index contributed by atoms with van der Waals surface area (Å²) in [5.74, 6) is -1.21. The van der Waals surface area contributed by atoms with E-state index in [2.05, 4.69) is 5.32 Å². The summed E-state index contributed by atoms with van der Waals surface area (Å²) in [5.41, 5.74) is 2.53. The molecule has 2 amide bonds. The van der Waals surface area contributed by atoms with Crippen molar-refractivity contribution in [2.75, 3.05) is 17.1 Å². The molecule has 190 valence electrons. The molecule has 0 radical (unpaired) electrons. The fourth-order valence-electron chi connectivity index (χ4n) is 4.54. The summed E-state index contributed by atoms with van der Waals surface area (Å²) in [6.07, 6.45) is 4.97. The van der Waals surface area contributed by atoms with Gasteiger partial charge in [0, 0.05) is 12.6 Å². The Labute approximate surface area is 207 Å². The number of hydrogen-bond acceptors (Lipinski definition) is 4. The summed E-state index contributed by atoms with van der Waals surface area (Å²) in [7, 11) is -3.80. The van der Waals surface area contributed by atoms with Crippen molar-refractivity contribution in [3.63, 3.8) is 0 Å². The molecular weight excluding hydrogens is 469 g/mol. The number of nitrogens with one attached hydrogen (secondary N) is 1. The van der Waals surface area contributed by atoms with E-state index in [0.29, 0.717) is 11.3 Å². The fourth-order valence-corrected chi connectivity index (χ4v) is 5.50. The molecule has 7 nitrogen and oxygen atoms in total. The van der Waals surface area contributed by atoms with Crippen molar-refractivity contribution in [3.8, 4) is 0 Å². The average molecular weight is 504 g/mol. The van der Waals surface area contributed by atoms with Gasteiger partial charge in [0.05, 0.1) is 11.9 Å². The fraction of sp³-hybridized carbons (Fsp3) is 0.462.